The van der Waals surface area contributed by atoms with Gasteiger partial charge in [-0.25, -0.2) is 4.39 Å². The Morgan fingerprint density at radius 3 is 0.980 bits per heavy atom. The number of alkyl halides is 3. The lowest BCUT2D eigenvalue weighted by atomic mass is 9.86. The average Bonchev–Trinajstić information content (AvgIpc) is 0.795. The molecule has 0 fully saturated rings. The zero-order valence-electron chi connectivity index (χ0n) is 65.3. The Balaban J connectivity index is 0.000000254. The number of para-hydroxylation sites is 1. The summed E-state index contributed by atoms with van der Waals surface area (Å²) in [5.41, 5.74) is 11.6. The van der Waals surface area contributed by atoms with E-state index in [1.54, 1.807) is 12.1 Å². The standard InChI is InChI=1S/2C17H20O.C16H18O.C11H12ClF3.C11H15F.C11H16.C10H13Cl/c1-13-5-9-15(10-6-13)18-16-11-7-14(8-12-16)17(2,3)4;1-13-8-10-15(11-9-13)18-16-7-5-6-14(12-16)17(2,3)4;1-16(2,3)13-9-11-15(12-10-13)17-14-7-5-4-6-8-14;1-10(2,3)7-4-5-9(12)8(6-7)11(13,14)15;1-8-5-6-10(12)9(7-8)11(2,3)4;1-11(2,3)9-10-7-5-4-6-8-10;1-10(2,3)8-5-4-6-9(11)7-8/h2*5-12H,1-4H3;4-12H,1-3H3;4-6H,1-3H3;5-7H,1-4H3;4-8H,9H2,1-3H3;4-7H,1-3H3. The molecule has 0 aliphatic carbocycles. The predicted octanol–water partition coefficient (Wildman–Crippen LogP) is 29.9. The number of hydrogen-bond acceptors (Lipinski definition) is 3. The molecule has 0 bridgehead atoms. The molecule has 10 rings (SSSR count). The molecule has 0 N–H and O–H groups in total. The molecule has 0 radical (unpaired) electrons. The third-order valence-corrected chi connectivity index (χ3v) is 16.5. The summed E-state index contributed by atoms with van der Waals surface area (Å²) in [7, 11) is 0. The second-order valence-electron chi connectivity index (χ2n) is 33.2. The van der Waals surface area contributed by atoms with E-state index < -0.39 is 11.7 Å². The largest absolute Gasteiger partial charge is 0.457 e. The fourth-order valence-corrected chi connectivity index (χ4v) is 10.2. The molecule has 102 heavy (non-hydrogen) atoms. The second kappa shape index (κ2) is 37.9. The van der Waals surface area contributed by atoms with Crippen LogP contribution in [0.1, 0.15) is 207 Å². The molecule has 3 nitrogen and oxygen atoms in total. The summed E-state index contributed by atoms with van der Waals surface area (Å²) >= 11 is 11.4. The van der Waals surface area contributed by atoms with Crippen LogP contribution in [0.2, 0.25) is 10.0 Å². The molecule has 0 aliphatic rings. The van der Waals surface area contributed by atoms with Crippen molar-refractivity contribution in [1.29, 1.82) is 0 Å². The second-order valence-corrected chi connectivity index (χ2v) is 34.1. The van der Waals surface area contributed by atoms with Gasteiger partial charge in [0.15, 0.2) is 0 Å². The van der Waals surface area contributed by atoms with Gasteiger partial charge >= 0.3 is 6.18 Å². The molecule has 0 saturated carbocycles. The van der Waals surface area contributed by atoms with E-state index >= 15 is 0 Å². The third-order valence-electron chi connectivity index (χ3n) is 16.0. The van der Waals surface area contributed by atoms with Gasteiger partial charge in [0.05, 0.1) is 10.6 Å². The Labute approximate surface area is 622 Å². The number of aryl methyl sites for hydroxylation is 3. The van der Waals surface area contributed by atoms with Crippen molar-refractivity contribution in [2.45, 2.75) is 211 Å². The molecular formula is C93H114Cl2F4O3. The van der Waals surface area contributed by atoms with Crippen molar-refractivity contribution in [3.63, 3.8) is 0 Å². The highest BCUT2D eigenvalue weighted by Crippen LogP contribution is 2.38. The Hall–Kier alpha value is -8.10. The minimum Gasteiger partial charge on any atom is -0.457 e. The molecule has 0 aliphatic heterocycles. The van der Waals surface area contributed by atoms with Crippen molar-refractivity contribution in [2.24, 2.45) is 5.41 Å². The molecule has 0 spiro atoms. The average molecular weight is 1430 g/mol. The van der Waals surface area contributed by atoms with Gasteiger partial charge in [0.1, 0.15) is 40.3 Å². The maximum Gasteiger partial charge on any atom is 0.417 e. The summed E-state index contributed by atoms with van der Waals surface area (Å²) in [5.74, 6) is 5.18. The number of hydrogen-bond donors (Lipinski definition) is 0. The van der Waals surface area contributed by atoms with Gasteiger partial charge in [-0.05, 0) is 207 Å². The molecule has 0 atom stereocenters. The van der Waals surface area contributed by atoms with Gasteiger partial charge in [0, 0.05) is 5.02 Å². The highest BCUT2D eigenvalue weighted by atomic mass is 35.5. The van der Waals surface area contributed by atoms with Crippen molar-refractivity contribution in [3.05, 3.63) is 320 Å². The molecule has 0 heterocycles. The molecule has 0 amide bonds. The van der Waals surface area contributed by atoms with Crippen molar-refractivity contribution in [3.8, 4) is 34.5 Å². The Kier molecular flexibility index (Phi) is 32.1. The van der Waals surface area contributed by atoms with Gasteiger partial charge in [0.25, 0.3) is 0 Å². The van der Waals surface area contributed by atoms with Crippen LogP contribution in [0.15, 0.2) is 243 Å². The first-order valence-corrected chi connectivity index (χ1v) is 35.8. The third kappa shape index (κ3) is 32.5. The highest BCUT2D eigenvalue weighted by Gasteiger charge is 2.34. The quantitative estimate of drug-likeness (QED) is 0.149. The van der Waals surface area contributed by atoms with Gasteiger partial charge in [0.2, 0.25) is 0 Å². The fraction of sp³-hybridized carbons (Fsp3) is 0.355. The van der Waals surface area contributed by atoms with Crippen LogP contribution in [0.3, 0.4) is 0 Å². The van der Waals surface area contributed by atoms with Crippen molar-refractivity contribution in [2.75, 3.05) is 0 Å². The molecule has 10 aromatic rings. The summed E-state index contributed by atoms with van der Waals surface area (Å²) in [6.45, 7) is 51.0. The van der Waals surface area contributed by atoms with Crippen LogP contribution in [-0.2, 0) is 45.1 Å². The SMILES string of the molecule is CC(C)(C)Cc1ccccc1.CC(C)(C)c1ccc(Cl)c(C(F)(F)F)c1.CC(C)(C)c1ccc(Oc2ccccc2)cc1.CC(C)(C)c1cccc(Cl)c1.Cc1ccc(F)c(C(C)(C)C)c1.Cc1ccc(Oc2ccc(C(C)(C)C)cc2)cc1.Cc1ccc(Oc2cccc(C(C)(C)C)c2)cc1. The first-order chi connectivity index (χ1) is 47.1. The smallest absolute Gasteiger partial charge is 0.417 e. The Morgan fingerprint density at radius 2 is 0.618 bits per heavy atom. The lowest BCUT2D eigenvalue weighted by Crippen LogP contribution is -2.14. The molecule has 10 aromatic carbocycles. The van der Waals surface area contributed by atoms with E-state index in [9.17, 15) is 17.6 Å². The maximum atomic E-state index is 13.3. The minimum absolute atomic E-state index is 0.101. The summed E-state index contributed by atoms with van der Waals surface area (Å²) in [6, 6.07) is 78.9. The Morgan fingerprint density at radius 1 is 0.284 bits per heavy atom. The monoisotopic (exact) mass is 1420 g/mol. The van der Waals surface area contributed by atoms with Gasteiger partial charge in [-0.15, -0.1) is 0 Å². The molecule has 9 heteroatoms. The van der Waals surface area contributed by atoms with Crippen LogP contribution >= 0.6 is 23.2 Å². The molecular weight excluding hydrogens is 1310 g/mol. The summed E-state index contributed by atoms with van der Waals surface area (Å²) < 4.78 is 68.3. The van der Waals surface area contributed by atoms with Crippen LogP contribution < -0.4 is 14.2 Å². The molecule has 0 aromatic heterocycles. The summed E-state index contributed by atoms with van der Waals surface area (Å²) in [6.07, 6.45) is -3.23. The van der Waals surface area contributed by atoms with Crippen LogP contribution in [-0.4, -0.2) is 0 Å². The minimum atomic E-state index is -4.39. The lowest BCUT2D eigenvalue weighted by molar-refractivity contribution is -0.137. The fourth-order valence-electron chi connectivity index (χ4n) is 9.77. The van der Waals surface area contributed by atoms with E-state index in [-0.39, 0.29) is 43.3 Å². The van der Waals surface area contributed by atoms with Crippen LogP contribution in [0.4, 0.5) is 17.6 Å². The van der Waals surface area contributed by atoms with Gasteiger partial charge in [-0.3, -0.25) is 0 Å². The summed E-state index contributed by atoms with van der Waals surface area (Å²) in [5, 5.41) is 0.563. The number of rotatable bonds is 7. The zero-order valence-corrected chi connectivity index (χ0v) is 66.8. The van der Waals surface area contributed by atoms with Crippen molar-refractivity contribution >= 4 is 23.2 Å². The zero-order chi connectivity index (χ0) is 76.7. The number of benzene rings is 10. The van der Waals surface area contributed by atoms with Crippen LogP contribution in [0.25, 0.3) is 0 Å². The van der Waals surface area contributed by atoms with E-state index in [2.05, 4.69) is 215 Å². The van der Waals surface area contributed by atoms with E-state index in [1.807, 2.05) is 164 Å². The van der Waals surface area contributed by atoms with Gasteiger partial charge < -0.3 is 14.2 Å². The van der Waals surface area contributed by atoms with Gasteiger partial charge in [-0.2, -0.15) is 13.2 Å². The normalized spacial score (nSPS) is 11.7. The predicted molar refractivity (Wildman–Crippen MR) is 429 cm³/mol. The van der Waals surface area contributed by atoms with E-state index in [0.717, 1.165) is 63.1 Å². The van der Waals surface area contributed by atoms with Crippen molar-refractivity contribution < 1.29 is 31.8 Å². The molecule has 546 valence electrons. The lowest BCUT2D eigenvalue weighted by Gasteiger charge is -2.21. The molecule has 0 unspecified atom stereocenters. The van der Waals surface area contributed by atoms with E-state index in [0.29, 0.717) is 11.0 Å². The van der Waals surface area contributed by atoms with Crippen molar-refractivity contribution in [1.82, 2.24) is 0 Å². The first-order valence-electron chi connectivity index (χ1n) is 35.0. The summed E-state index contributed by atoms with van der Waals surface area (Å²) in [4.78, 5) is 0. The maximum absolute atomic E-state index is 13.3. The topological polar surface area (TPSA) is 27.7 Å². The van der Waals surface area contributed by atoms with Gasteiger partial charge in [-0.1, -0.05) is 325 Å². The first kappa shape index (κ1) is 86.3. The molecule has 0 saturated heterocycles. The van der Waals surface area contributed by atoms with Crippen LogP contribution in [0, 0.1) is 32.0 Å². The van der Waals surface area contributed by atoms with E-state index in [1.165, 1.54) is 51.1 Å². The van der Waals surface area contributed by atoms with Crippen LogP contribution in [0.5, 0.6) is 34.5 Å². The van der Waals surface area contributed by atoms with E-state index in [4.69, 9.17) is 37.4 Å². The number of halogens is 6. The number of ether oxygens (including phenoxy) is 3. The Bertz CT molecular complexity index is 4070. The highest BCUT2D eigenvalue weighted by molar-refractivity contribution is 6.31.